The zero-order valence-electron chi connectivity index (χ0n) is 27.4. The number of aromatic nitrogens is 2. The van der Waals surface area contributed by atoms with Crippen LogP contribution in [0, 0.1) is 5.92 Å². The van der Waals surface area contributed by atoms with Crippen LogP contribution < -0.4 is 9.46 Å². The van der Waals surface area contributed by atoms with Gasteiger partial charge in [-0.05, 0) is 63.4 Å². The number of nitrogens with one attached hydrogen (secondary N) is 1. The molecule has 4 atom stereocenters. The highest BCUT2D eigenvalue weighted by Gasteiger charge is 2.32. The molecule has 2 N–H and O–H groups in total. The molecule has 47 heavy (non-hydrogen) atoms. The first-order valence-corrected chi connectivity index (χ1v) is 18.5. The molecule has 0 saturated carbocycles. The number of aliphatic hydroxyl groups is 1. The Morgan fingerprint density at radius 3 is 2.49 bits per heavy atom. The Labute approximate surface area is 277 Å². The number of carbonyl (C=O) groups is 1. The molecule has 0 unspecified atom stereocenters. The van der Waals surface area contributed by atoms with Crippen molar-refractivity contribution in [3.8, 4) is 5.75 Å². The lowest BCUT2D eigenvalue weighted by Crippen LogP contribution is -2.48. The van der Waals surface area contributed by atoms with Crippen LogP contribution in [0.4, 0.5) is 5.69 Å². The number of nitrogens with zero attached hydrogens (tertiary/aromatic N) is 4. The number of imidazole rings is 1. The number of anilines is 1. The Bertz CT molecular complexity index is 1720. The molecule has 2 heterocycles. The number of aryl methyl sites for hydroxylation is 1. The largest absolute Gasteiger partial charge is 0.490 e. The second kappa shape index (κ2) is 15.6. The third kappa shape index (κ3) is 9.11. The highest BCUT2D eigenvalue weighted by Crippen LogP contribution is 2.29. The number of aliphatic hydroxyl groups excluding tert-OH is 1. The van der Waals surface area contributed by atoms with Gasteiger partial charge in [0.2, 0.25) is 10.0 Å². The lowest BCUT2D eigenvalue weighted by molar-refractivity contribution is -0.00833. The first kappa shape index (κ1) is 36.3. The summed E-state index contributed by atoms with van der Waals surface area (Å²) in [7, 11) is -4.69. The van der Waals surface area contributed by atoms with Crippen LogP contribution >= 0.6 is 0 Å². The van der Waals surface area contributed by atoms with Gasteiger partial charge in [-0.25, -0.2) is 13.4 Å². The van der Waals surface area contributed by atoms with Crippen LogP contribution in [0.25, 0.3) is 0 Å². The Morgan fingerprint density at radius 1 is 1.11 bits per heavy atom. The van der Waals surface area contributed by atoms with Gasteiger partial charge in [0, 0.05) is 51.6 Å². The van der Waals surface area contributed by atoms with Crippen molar-refractivity contribution in [2.24, 2.45) is 13.0 Å². The SMILES string of the molecule is C[C@H]1CCCCO[C@H](CN(C)S(=O)(=O)c2ccccc2)[C@@H](C)CN([C@@H](C)CO)C(=O)c2cc(NS(=O)(=O)c3cn(C)cn3)ccc2O1. The number of rotatable bonds is 9. The van der Waals surface area contributed by atoms with Gasteiger partial charge in [-0.2, -0.15) is 12.7 Å². The minimum Gasteiger partial charge on any atom is -0.490 e. The number of ether oxygens (including phenoxy) is 2. The fourth-order valence-electron chi connectivity index (χ4n) is 5.31. The quantitative estimate of drug-likeness (QED) is 0.343. The van der Waals surface area contributed by atoms with Crippen molar-refractivity contribution < 1.29 is 36.2 Å². The molecule has 3 aromatic rings. The van der Waals surface area contributed by atoms with Gasteiger partial charge in [0.05, 0.1) is 41.6 Å². The summed E-state index contributed by atoms with van der Waals surface area (Å²) in [5.41, 5.74) is 0.252. The summed E-state index contributed by atoms with van der Waals surface area (Å²) < 4.78 is 70.5. The number of fused-ring (bicyclic) bond motifs is 1. The monoisotopic (exact) mass is 691 g/mol. The van der Waals surface area contributed by atoms with E-state index in [0.717, 1.165) is 6.42 Å². The first-order valence-electron chi connectivity index (χ1n) is 15.6. The van der Waals surface area contributed by atoms with Crippen molar-refractivity contribution in [2.75, 3.05) is 38.1 Å². The topological polar surface area (TPSA) is 160 Å². The minimum absolute atomic E-state index is 0.0451. The zero-order chi connectivity index (χ0) is 34.4. The lowest BCUT2D eigenvalue weighted by Gasteiger charge is -2.35. The van der Waals surface area contributed by atoms with Crippen molar-refractivity contribution in [1.29, 1.82) is 0 Å². The van der Waals surface area contributed by atoms with Gasteiger partial charge in [0.1, 0.15) is 5.75 Å². The summed E-state index contributed by atoms with van der Waals surface area (Å²) in [5.74, 6) is -0.566. The minimum atomic E-state index is -4.05. The van der Waals surface area contributed by atoms with E-state index in [1.165, 1.54) is 45.5 Å². The van der Waals surface area contributed by atoms with E-state index >= 15 is 0 Å². The maximum absolute atomic E-state index is 14.3. The van der Waals surface area contributed by atoms with Crippen molar-refractivity contribution >= 4 is 31.6 Å². The zero-order valence-corrected chi connectivity index (χ0v) is 29.1. The molecular formula is C32H45N5O8S2. The summed E-state index contributed by atoms with van der Waals surface area (Å²) in [4.78, 5) is 19.9. The van der Waals surface area contributed by atoms with Gasteiger partial charge in [0.25, 0.3) is 15.9 Å². The molecule has 0 fully saturated rings. The third-order valence-electron chi connectivity index (χ3n) is 8.15. The van der Waals surface area contributed by atoms with Crippen molar-refractivity contribution in [3.05, 3.63) is 66.6 Å². The number of hydrogen-bond acceptors (Lipinski definition) is 9. The molecular weight excluding hydrogens is 647 g/mol. The van der Waals surface area contributed by atoms with Crippen molar-refractivity contribution in [2.45, 2.75) is 68.2 Å². The summed E-state index contributed by atoms with van der Waals surface area (Å²) in [5, 5.41) is 10.0. The van der Waals surface area contributed by atoms with Gasteiger partial charge in [-0.1, -0.05) is 25.1 Å². The molecule has 15 heteroatoms. The van der Waals surface area contributed by atoms with Gasteiger partial charge in [-0.15, -0.1) is 0 Å². The summed E-state index contributed by atoms with van der Waals surface area (Å²) in [6, 6.07) is 12.0. The van der Waals surface area contributed by atoms with E-state index in [-0.39, 0.29) is 58.6 Å². The molecule has 1 aliphatic heterocycles. The second-order valence-electron chi connectivity index (χ2n) is 12.1. The fraction of sp³-hybridized carbons (Fsp3) is 0.500. The number of hydrogen-bond donors (Lipinski definition) is 2. The van der Waals surface area contributed by atoms with E-state index in [0.29, 0.717) is 19.4 Å². The molecule has 0 saturated heterocycles. The Balaban J connectivity index is 1.68. The molecule has 13 nitrogen and oxygen atoms in total. The van der Waals surface area contributed by atoms with E-state index in [4.69, 9.17) is 9.47 Å². The van der Waals surface area contributed by atoms with E-state index in [9.17, 15) is 26.7 Å². The fourth-order valence-corrected chi connectivity index (χ4v) is 7.54. The second-order valence-corrected chi connectivity index (χ2v) is 15.8. The average molecular weight is 692 g/mol. The molecule has 0 radical (unpaired) electrons. The number of amides is 1. The number of carbonyl (C=O) groups excluding carboxylic acids is 1. The molecule has 2 aromatic carbocycles. The smallest absolute Gasteiger partial charge is 0.280 e. The van der Waals surface area contributed by atoms with Crippen LogP contribution in [-0.2, 0) is 31.8 Å². The van der Waals surface area contributed by atoms with Crippen molar-refractivity contribution in [3.63, 3.8) is 0 Å². The van der Waals surface area contributed by atoms with Crippen LogP contribution in [0.1, 0.15) is 50.4 Å². The van der Waals surface area contributed by atoms with Gasteiger partial charge < -0.3 is 24.0 Å². The summed E-state index contributed by atoms with van der Waals surface area (Å²) >= 11 is 0. The van der Waals surface area contributed by atoms with Gasteiger partial charge in [0.15, 0.2) is 5.03 Å². The Kier molecular flexibility index (Phi) is 12.1. The van der Waals surface area contributed by atoms with Crippen LogP contribution in [0.2, 0.25) is 0 Å². The Morgan fingerprint density at radius 2 is 1.83 bits per heavy atom. The molecule has 0 aliphatic carbocycles. The molecule has 4 rings (SSSR count). The third-order valence-corrected chi connectivity index (χ3v) is 11.3. The molecule has 258 valence electrons. The Hall–Kier alpha value is -3.50. The normalized spacial score (nSPS) is 21.0. The van der Waals surface area contributed by atoms with Crippen LogP contribution in [0.5, 0.6) is 5.75 Å². The van der Waals surface area contributed by atoms with E-state index in [2.05, 4.69) is 9.71 Å². The highest BCUT2D eigenvalue weighted by molar-refractivity contribution is 7.92. The van der Waals surface area contributed by atoms with E-state index in [1.54, 1.807) is 50.4 Å². The summed E-state index contributed by atoms with van der Waals surface area (Å²) in [6.07, 6.45) is 4.02. The number of sulfonamides is 2. The summed E-state index contributed by atoms with van der Waals surface area (Å²) in [6.45, 7) is 5.67. The molecule has 0 bridgehead atoms. The maximum atomic E-state index is 14.3. The molecule has 1 amide bonds. The van der Waals surface area contributed by atoms with Crippen LogP contribution in [-0.4, -0.2) is 98.2 Å². The standard InChI is InChI=1S/C32H45N5O8S2/c1-23-18-37(24(2)21-38)32(39)28-17-26(34-46(40,41)31-20-35(4)22-33-31)14-15-29(28)45-25(3)11-9-10-16-44-30(23)19-36(5)47(42,43)27-12-7-6-8-13-27/h6-8,12-15,17,20,22-25,30,34,38H,9-11,16,18-19,21H2,1-5H3/t23-,24-,25-,30+/m0/s1. The van der Waals surface area contributed by atoms with Gasteiger partial charge in [-0.3, -0.25) is 9.52 Å². The molecule has 1 aromatic heterocycles. The van der Waals surface area contributed by atoms with Crippen molar-refractivity contribution in [1.82, 2.24) is 18.8 Å². The number of likely N-dealkylation sites (N-methyl/N-ethyl adjacent to an activating group) is 1. The predicted octanol–water partition coefficient (Wildman–Crippen LogP) is 3.34. The van der Waals surface area contributed by atoms with Crippen LogP contribution in [0.3, 0.4) is 0 Å². The van der Waals surface area contributed by atoms with E-state index < -0.39 is 38.1 Å². The van der Waals surface area contributed by atoms with E-state index in [1.807, 2.05) is 13.8 Å². The predicted molar refractivity (Wildman–Crippen MR) is 177 cm³/mol. The maximum Gasteiger partial charge on any atom is 0.280 e. The van der Waals surface area contributed by atoms with Gasteiger partial charge >= 0.3 is 0 Å². The average Bonchev–Trinajstić information content (AvgIpc) is 3.49. The lowest BCUT2D eigenvalue weighted by atomic mass is 10.0. The molecule has 1 aliphatic rings. The molecule has 0 spiro atoms. The van der Waals surface area contributed by atoms with Crippen LogP contribution in [0.15, 0.2) is 71.0 Å². The first-order chi connectivity index (χ1) is 22.2. The number of benzene rings is 2. The highest BCUT2D eigenvalue weighted by atomic mass is 32.2.